The number of carbonyl (C=O) groups is 1. The number of nitrogens with one attached hydrogen (secondary N) is 1. The van der Waals surface area contributed by atoms with Crippen molar-refractivity contribution in [3.63, 3.8) is 0 Å². The maximum Gasteiger partial charge on any atom is 0.248 e. The van der Waals surface area contributed by atoms with Crippen molar-refractivity contribution in [2.24, 2.45) is 0 Å². The van der Waals surface area contributed by atoms with Crippen molar-refractivity contribution in [3.05, 3.63) is 94.3 Å². The number of halogens is 2. The third kappa shape index (κ3) is 4.46. The Balaban J connectivity index is 1.32. The maximum atomic E-state index is 12.5. The number of benzene rings is 2. The highest BCUT2D eigenvalue weighted by atomic mass is 35.5. The van der Waals surface area contributed by atoms with Crippen molar-refractivity contribution >= 4 is 52.1 Å². The molecule has 3 aromatic heterocycles. The summed E-state index contributed by atoms with van der Waals surface area (Å²) >= 11 is 12.5. The SMILES string of the molecule is Cc1c(Cl)cccc1-c1ccc(C=CC(=O)Nc2cc(-c3nc4ncccc4o3)ccc2Cl)o1. The molecule has 0 saturated heterocycles. The second-order valence-electron chi connectivity index (χ2n) is 7.48. The standard InChI is InChI=1S/C26H17Cl2N3O3/c1-15-18(4-2-5-19(15)27)22-11-8-17(33-22)9-12-24(32)30-21-14-16(7-10-20(21)28)26-31-25-23(34-26)6-3-13-29-25/h2-14H,1H3,(H,30,32). The highest BCUT2D eigenvalue weighted by Crippen LogP contribution is 2.31. The molecule has 0 bridgehead atoms. The van der Waals surface area contributed by atoms with Crippen LogP contribution in [-0.2, 0) is 4.79 Å². The molecule has 1 amide bonds. The zero-order chi connectivity index (χ0) is 23.7. The number of amides is 1. The van der Waals surface area contributed by atoms with E-state index in [0.29, 0.717) is 49.9 Å². The van der Waals surface area contributed by atoms with Crippen LogP contribution < -0.4 is 5.32 Å². The van der Waals surface area contributed by atoms with E-state index in [1.807, 2.05) is 31.2 Å². The Labute approximate surface area is 204 Å². The zero-order valence-electron chi connectivity index (χ0n) is 17.9. The summed E-state index contributed by atoms with van der Waals surface area (Å²) in [5.74, 6) is 1.22. The van der Waals surface area contributed by atoms with Gasteiger partial charge in [0, 0.05) is 28.4 Å². The highest BCUT2D eigenvalue weighted by molar-refractivity contribution is 6.34. The van der Waals surface area contributed by atoms with Crippen LogP contribution in [0, 0.1) is 6.92 Å². The van der Waals surface area contributed by atoms with Crippen molar-refractivity contribution in [1.29, 1.82) is 0 Å². The average molecular weight is 490 g/mol. The number of furan rings is 1. The first-order valence-corrected chi connectivity index (χ1v) is 11.1. The molecule has 6 nitrogen and oxygen atoms in total. The fourth-order valence-corrected chi connectivity index (χ4v) is 3.78. The number of fused-ring (bicyclic) bond motifs is 1. The summed E-state index contributed by atoms with van der Waals surface area (Å²) in [5.41, 5.74) is 4.00. The Morgan fingerprint density at radius 2 is 1.88 bits per heavy atom. The highest BCUT2D eigenvalue weighted by Gasteiger charge is 2.13. The summed E-state index contributed by atoms with van der Waals surface area (Å²) in [6, 6.07) is 18.0. The Bertz CT molecular complexity index is 1520. The Hall–Kier alpha value is -3.87. The van der Waals surface area contributed by atoms with Gasteiger partial charge in [-0.25, -0.2) is 4.98 Å². The van der Waals surface area contributed by atoms with E-state index in [-0.39, 0.29) is 5.91 Å². The molecule has 0 spiro atoms. The molecular formula is C26H17Cl2N3O3. The van der Waals surface area contributed by atoms with Crippen LogP contribution in [-0.4, -0.2) is 15.9 Å². The van der Waals surface area contributed by atoms with Gasteiger partial charge in [-0.05, 0) is 67.1 Å². The molecule has 0 saturated carbocycles. The van der Waals surface area contributed by atoms with Gasteiger partial charge in [0.2, 0.25) is 11.8 Å². The van der Waals surface area contributed by atoms with Crippen LogP contribution in [0.4, 0.5) is 5.69 Å². The number of carbonyl (C=O) groups excluding carboxylic acids is 1. The second kappa shape index (κ2) is 9.17. The Morgan fingerprint density at radius 1 is 1.00 bits per heavy atom. The van der Waals surface area contributed by atoms with Gasteiger partial charge in [0.25, 0.3) is 0 Å². The third-order valence-electron chi connectivity index (χ3n) is 5.20. The smallest absolute Gasteiger partial charge is 0.248 e. The Kier molecular flexibility index (Phi) is 5.92. The molecule has 0 atom stereocenters. The Morgan fingerprint density at radius 3 is 2.74 bits per heavy atom. The number of aromatic nitrogens is 2. The summed E-state index contributed by atoms with van der Waals surface area (Å²) in [4.78, 5) is 21.1. The summed E-state index contributed by atoms with van der Waals surface area (Å²) in [5, 5.41) is 3.83. The largest absolute Gasteiger partial charge is 0.457 e. The normalized spacial score (nSPS) is 11.4. The van der Waals surface area contributed by atoms with Crippen molar-refractivity contribution in [2.75, 3.05) is 5.32 Å². The van der Waals surface area contributed by atoms with Crippen molar-refractivity contribution in [1.82, 2.24) is 9.97 Å². The number of nitrogens with zero attached hydrogens (tertiary/aromatic N) is 2. The molecular weight excluding hydrogens is 473 g/mol. The molecule has 0 aliphatic rings. The first kappa shape index (κ1) is 21.9. The molecule has 3 heterocycles. The van der Waals surface area contributed by atoms with Crippen LogP contribution in [0.2, 0.25) is 10.0 Å². The topological polar surface area (TPSA) is 81.2 Å². The van der Waals surface area contributed by atoms with E-state index in [9.17, 15) is 4.79 Å². The summed E-state index contributed by atoms with van der Waals surface area (Å²) < 4.78 is 11.6. The van der Waals surface area contributed by atoms with Gasteiger partial charge in [0.15, 0.2) is 11.2 Å². The van der Waals surface area contributed by atoms with Gasteiger partial charge in [-0.3, -0.25) is 4.79 Å². The van der Waals surface area contributed by atoms with E-state index in [1.54, 1.807) is 48.7 Å². The lowest BCUT2D eigenvalue weighted by Gasteiger charge is -2.06. The van der Waals surface area contributed by atoms with Gasteiger partial charge in [0.05, 0.1) is 10.7 Å². The molecule has 2 aromatic carbocycles. The fraction of sp³-hybridized carbons (Fsp3) is 0.0385. The molecule has 1 N–H and O–H groups in total. The van der Waals surface area contributed by atoms with Crippen molar-refractivity contribution < 1.29 is 13.6 Å². The molecule has 0 fully saturated rings. The predicted molar refractivity (Wildman–Crippen MR) is 134 cm³/mol. The lowest BCUT2D eigenvalue weighted by Crippen LogP contribution is -2.08. The van der Waals surface area contributed by atoms with Gasteiger partial charge < -0.3 is 14.2 Å². The second-order valence-corrected chi connectivity index (χ2v) is 8.29. The van der Waals surface area contributed by atoms with Gasteiger partial charge >= 0.3 is 0 Å². The molecule has 168 valence electrons. The lowest BCUT2D eigenvalue weighted by atomic mass is 10.1. The summed E-state index contributed by atoms with van der Waals surface area (Å²) in [6.45, 7) is 1.93. The minimum Gasteiger partial charge on any atom is -0.457 e. The van der Waals surface area contributed by atoms with Gasteiger partial charge in [-0.1, -0.05) is 35.3 Å². The monoisotopic (exact) mass is 489 g/mol. The van der Waals surface area contributed by atoms with Crippen LogP contribution in [0.1, 0.15) is 11.3 Å². The molecule has 0 unspecified atom stereocenters. The molecule has 0 aliphatic heterocycles. The molecule has 0 radical (unpaired) electrons. The van der Waals surface area contributed by atoms with E-state index < -0.39 is 0 Å². The number of hydrogen-bond donors (Lipinski definition) is 1. The number of rotatable bonds is 5. The van der Waals surface area contributed by atoms with Crippen LogP contribution in [0.25, 0.3) is 40.1 Å². The van der Waals surface area contributed by atoms with Crippen molar-refractivity contribution in [2.45, 2.75) is 6.92 Å². The van der Waals surface area contributed by atoms with Gasteiger partial charge in [0.1, 0.15) is 11.5 Å². The van der Waals surface area contributed by atoms with Gasteiger partial charge in [-0.2, -0.15) is 4.98 Å². The molecule has 0 aliphatic carbocycles. The number of hydrogen-bond acceptors (Lipinski definition) is 5. The minimum absolute atomic E-state index is 0.366. The molecule has 8 heteroatoms. The van der Waals surface area contributed by atoms with Gasteiger partial charge in [-0.15, -0.1) is 0 Å². The van der Waals surface area contributed by atoms with E-state index in [0.717, 1.165) is 11.1 Å². The van der Waals surface area contributed by atoms with E-state index in [4.69, 9.17) is 32.0 Å². The fourth-order valence-electron chi connectivity index (χ4n) is 3.44. The van der Waals surface area contributed by atoms with Crippen LogP contribution in [0.3, 0.4) is 0 Å². The molecule has 34 heavy (non-hydrogen) atoms. The van der Waals surface area contributed by atoms with E-state index in [1.165, 1.54) is 6.08 Å². The first-order valence-electron chi connectivity index (χ1n) is 10.3. The molecule has 5 rings (SSSR count). The zero-order valence-corrected chi connectivity index (χ0v) is 19.4. The maximum absolute atomic E-state index is 12.5. The first-order chi connectivity index (χ1) is 16.5. The van der Waals surface area contributed by atoms with E-state index in [2.05, 4.69) is 15.3 Å². The minimum atomic E-state index is -0.366. The third-order valence-corrected chi connectivity index (χ3v) is 5.93. The molecule has 5 aromatic rings. The van der Waals surface area contributed by atoms with E-state index >= 15 is 0 Å². The quantitative estimate of drug-likeness (QED) is 0.259. The van der Waals surface area contributed by atoms with Crippen LogP contribution >= 0.6 is 23.2 Å². The van der Waals surface area contributed by atoms with Crippen LogP contribution in [0.15, 0.2) is 81.8 Å². The van der Waals surface area contributed by atoms with Crippen LogP contribution in [0.5, 0.6) is 0 Å². The summed E-state index contributed by atoms with van der Waals surface area (Å²) in [7, 11) is 0. The lowest BCUT2D eigenvalue weighted by molar-refractivity contribution is -0.111. The predicted octanol–water partition coefficient (Wildman–Crippen LogP) is 7.42. The average Bonchev–Trinajstić information content (AvgIpc) is 3.48. The number of anilines is 1. The van der Waals surface area contributed by atoms with Crippen molar-refractivity contribution in [3.8, 4) is 22.8 Å². The summed E-state index contributed by atoms with van der Waals surface area (Å²) in [6.07, 6.45) is 4.61. The number of pyridine rings is 1. The number of oxazole rings is 1.